The zero-order valence-electron chi connectivity index (χ0n) is 29.0. The van der Waals surface area contributed by atoms with Crippen molar-refractivity contribution < 1.29 is 4.39 Å². The third-order valence-electron chi connectivity index (χ3n) is 7.23. The first-order valence-corrected chi connectivity index (χ1v) is 16.1. The van der Waals surface area contributed by atoms with Gasteiger partial charge in [0.15, 0.2) is 0 Å². The van der Waals surface area contributed by atoms with E-state index in [0.717, 1.165) is 58.9 Å². The summed E-state index contributed by atoms with van der Waals surface area (Å²) < 4.78 is 14.1. The van der Waals surface area contributed by atoms with Crippen molar-refractivity contribution in [3.63, 3.8) is 0 Å². The molecule has 0 amide bonds. The fourth-order valence-electron chi connectivity index (χ4n) is 5.03. The molecule has 1 saturated heterocycles. The van der Waals surface area contributed by atoms with Crippen molar-refractivity contribution in [3.8, 4) is 0 Å². The highest BCUT2D eigenvalue weighted by molar-refractivity contribution is 5.84. The number of benzene rings is 1. The number of H-pyrrole nitrogens is 1. The summed E-state index contributed by atoms with van der Waals surface area (Å²) >= 11 is 0. The number of likely N-dealkylation sites (N-methyl/N-ethyl adjacent to an activating group) is 1. The van der Waals surface area contributed by atoms with Gasteiger partial charge in [-0.3, -0.25) is 4.90 Å². The van der Waals surface area contributed by atoms with Crippen LogP contribution in [-0.2, 0) is 0 Å². The number of nitrogens with zero attached hydrogens (tertiary/aromatic N) is 2. The Morgan fingerprint density at radius 1 is 1.04 bits per heavy atom. The van der Waals surface area contributed by atoms with Gasteiger partial charge in [0.2, 0.25) is 0 Å². The summed E-state index contributed by atoms with van der Waals surface area (Å²) in [7, 11) is 1.88. The number of allylic oxidation sites excluding steroid dienone is 9. The van der Waals surface area contributed by atoms with Gasteiger partial charge < -0.3 is 10.3 Å². The van der Waals surface area contributed by atoms with E-state index in [0.29, 0.717) is 17.1 Å². The lowest BCUT2D eigenvalue weighted by Crippen LogP contribution is -2.21. The lowest BCUT2D eigenvalue weighted by molar-refractivity contribution is 0.371. The van der Waals surface area contributed by atoms with Crippen molar-refractivity contribution in [1.82, 2.24) is 20.2 Å². The van der Waals surface area contributed by atoms with E-state index in [-0.39, 0.29) is 5.82 Å². The molecule has 0 aliphatic carbocycles. The van der Waals surface area contributed by atoms with Crippen LogP contribution in [0.15, 0.2) is 121 Å². The molecule has 4 nitrogen and oxygen atoms in total. The number of aromatic nitrogens is 2. The van der Waals surface area contributed by atoms with Crippen LogP contribution in [0.5, 0.6) is 0 Å². The SMILES string of the molecule is C=C/C=C(/c1cccc(F)c1)c1nc(C(=C)C(=C/C(=C)C(/C=C(\C=C)CN2CCCC2)=C/C)/C(=C\C)NC)[nH]c1C.CC.CC. The van der Waals surface area contributed by atoms with E-state index in [1.54, 1.807) is 12.1 Å². The Morgan fingerprint density at radius 2 is 1.71 bits per heavy atom. The normalized spacial score (nSPS) is 14.6. The number of imidazole rings is 1. The molecule has 1 aromatic carbocycles. The van der Waals surface area contributed by atoms with Gasteiger partial charge in [-0.1, -0.05) is 103 Å². The quantitative estimate of drug-likeness (QED) is 0.222. The number of aromatic amines is 1. The molecular weight excluding hydrogens is 555 g/mol. The second-order valence-corrected chi connectivity index (χ2v) is 10.1. The number of hydrogen-bond acceptors (Lipinski definition) is 3. The number of rotatable bonds is 13. The maximum absolute atomic E-state index is 14.1. The predicted molar refractivity (Wildman–Crippen MR) is 196 cm³/mol. The highest BCUT2D eigenvalue weighted by atomic mass is 19.1. The summed E-state index contributed by atoms with van der Waals surface area (Å²) in [5.74, 6) is 0.315. The van der Waals surface area contributed by atoms with Gasteiger partial charge in [0, 0.05) is 41.7 Å². The molecule has 0 radical (unpaired) electrons. The van der Waals surface area contributed by atoms with E-state index < -0.39 is 0 Å². The van der Waals surface area contributed by atoms with E-state index >= 15 is 0 Å². The van der Waals surface area contributed by atoms with Crippen LogP contribution in [0.3, 0.4) is 0 Å². The summed E-state index contributed by atoms with van der Waals surface area (Å²) in [4.78, 5) is 10.8. The lowest BCUT2D eigenvalue weighted by Gasteiger charge is -2.17. The van der Waals surface area contributed by atoms with Gasteiger partial charge >= 0.3 is 0 Å². The Kier molecular flexibility index (Phi) is 17.8. The van der Waals surface area contributed by atoms with Gasteiger partial charge in [0.1, 0.15) is 11.6 Å². The maximum atomic E-state index is 14.1. The molecule has 1 aliphatic rings. The van der Waals surface area contributed by atoms with Crippen molar-refractivity contribution in [2.45, 2.75) is 61.3 Å². The molecule has 0 saturated carbocycles. The smallest absolute Gasteiger partial charge is 0.138 e. The molecule has 2 aromatic rings. The topological polar surface area (TPSA) is 44.0 Å². The molecule has 3 rings (SSSR count). The second kappa shape index (κ2) is 20.7. The minimum absolute atomic E-state index is 0.306. The van der Waals surface area contributed by atoms with E-state index in [1.165, 1.54) is 30.5 Å². The molecule has 2 N–H and O–H groups in total. The summed E-state index contributed by atoms with van der Waals surface area (Å²) in [6.07, 6.45) is 16.2. The zero-order chi connectivity index (χ0) is 33.9. The fraction of sp³-hybridized carbons (Fsp3) is 0.325. The molecule has 1 aliphatic heterocycles. The van der Waals surface area contributed by atoms with Gasteiger partial charge in [-0.15, -0.1) is 0 Å². The highest BCUT2D eigenvalue weighted by Crippen LogP contribution is 2.31. The monoisotopic (exact) mass is 610 g/mol. The molecular formula is C40H55FN4. The van der Waals surface area contributed by atoms with Crippen LogP contribution >= 0.6 is 0 Å². The number of hydrogen-bond donors (Lipinski definition) is 2. The summed E-state index contributed by atoms with van der Waals surface area (Å²) in [6.45, 7) is 33.8. The molecule has 45 heavy (non-hydrogen) atoms. The van der Waals surface area contributed by atoms with Crippen LogP contribution in [0, 0.1) is 12.7 Å². The number of aryl methyl sites for hydroxylation is 1. The largest absolute Gasteiger partial charge is 0.388 e. The first-order chi connectivity index (χ1) is 21.8. The van der Waals surface area contributed by atoms with E-state index in [1.807, 2.05) is 85.9 Å². The van der Waals surface area contributed by atoms with Crippen LogP contribution in [0.25, 0.3) is 11.1 Å². The third-order valence-corrected chi connectivity index (χ3v) is 7.23. The molecule has 0 atom stereocenters. The van der Waals surface area contributed by atoms with Crippen molar-refractivity contribution in [2.24, 2.45) is 0 Å². The number of likely N-dealkylation sites (tertiary alicyclic amines) is 1. The van der Waals surface area contributed by atoms with Gasteiger partial charge in [-0.25, -0.2) is 9.37 Å². The highest BCUT2D eigenvalue weighted by Gasteiger charge is 2.19. The second-order valence-electron chi connectivity index (χ2n) is 10.1. The standard InChI is InChI=1S/C36H43FN4.2C2H6/c1-9-16-32(30-17-15-18-31(37)23-30)35-27(7)39-36(40-35)26(6)33(34(12-4)38-8)21-25(5)29(11-3)22-28(10-2)24-41-19-13-14-20-41;2*1-2/h9-12,15-18,21-23,38H,1-2,5-6,13-14,19-20,24H2,3-4,7-8H3,(H,39,40);2*1-2H3/b28-22+,29-11+,32-16-,33-21-,34-12+;;. The number of halogens is 1. The molecule has 2 heterocycles. The van der Waals surface area contributed by atoms with E-state index in [4.69, 9.17) is 4.98 Å². The average Bonchev–Trinajstić information content (AvgIpc) is 3.72. The molecule has 0 unspecified atom stereocenters. The maximum Gasteiger partial charge on any atom is 0.138 e. The Bertz CT molecular complexity index is 1450. The molecule has 0 bridgehead atoms. The van der Waals surface area contributed by atoms with Crippen molar-refractivity contribution >= 4 is 11.1 Å². The van der Waals surface area contributed by atoms with Crippen LogP contribution in [0.2, 0.25) is 0 Å². The van der Waals surface area contributed by atoms with Gasteiger partial charge in [0.05, 0.1) is 5.69 Å². The summed E-state index contributed by atoms with van der Waals surface area (Å²) in [5.41, 5.74) is 8.58. The lowest BCUT2D eigenvalue weighted by atomic mass is 9.96. The van der Waals surface area contributed by atoms with Crippen molar-refractivity contribution in [1.29, 1.82) is 0 Å². The van der Waals surface area contributed by atoms with Crippen molar-refractivity contribution in [3.05, 3.63) is 150 Å². The first kappa shape index (κ1) is 38.8. The Hall–Kier alpha value is -4.22. The molecule has 242 valence electrons. The van der Waals surface area contributed by atoms with Crippen molar-refractivity contribution in [2.75, 3.05) is 26.7 Å². The zero-order valence-corrected chi connectivity index (χ0v) is 29.0. The Balaban J connectivity index is 0.00000243. The fourth-order valence-corrected chi connectivity index (χ4v) is 5.03. The molecule has 0 spiro atoms. The minimum Gasteiger partial charge on any atom is -0.388 e. The van der Waals surface area contributed by atoms with Crippen LogP contribution < -0.4 is 5.32 Å². The molecule has 5 heteroatoms. The summed E-state index contributed by atoms with van der Waals surface area (Å²) in [5, 5.41) is 3.29. The van der Waals surface area contributed by atoms with Crippen LogP contribution in [0.4, 0.5) is 4.39 Å². The summed E-state index contributed by atoms with van der Waals surface area (Å²) in [6, 6.07) is 6.48. The van der Waals surface area contributed by atoms with Crippen LogP contribution in [0.1, 0.15) is 77.2 Å². The molecule has 1 aromatic heterocycles. The Labute approximate surface area is 273 Å². The minimum atomic E-state index is -0.306. The van der Waals surface area contributed by atoms with E-state index in [2.05, 4.69) is 53.7 Å². The average molecular weight is 611 g/mol. The van der Waals surface area contributed by atoms with E-state index in [9.17, 15) is 4.39 Å². The van der Waals surface area contributed by atoms with Crippen LogP contribution in [-0.4, -0.2) is 41.5 Å². The number of nitrogens with one attached hydrogen (secondary N) is 2. The third kappa shape index (κ3) is 11.0. The van der Waals surface area contributed by atoms with Gasteiger partial charge in [-0.2, -0.15) is 0 Å². The van der Waals surface area contributed by atoms with Gasteiger partial charge in [0.25, 0.3) is 0 Å². The predicted octanol–water partition coefficient (Wildman–Crippen LogP) is 10.3. The van der Waals surface area contributed by atoms with Gasteiger partial charge in [-0.05, 0) is 87.2 Å². The first-order valence-electron chi connectivity index (χ1n) is 16.1. The Morgan fingerprint density at radius 3 is 2.24 bits per heavy atom. The molecule has 1 fully saturated rings.